The number of nitrogens with zero attached hydrogens (tertiary/aromatic N) is 2. The molecule has 2 aliphatic heterocycles. The van der Waals surface area contributed by atoms with Crippen LogP contribution in [0.2, 0.25) is 0 Å². The number of amides is 4. The van der Waals surface area contributed by atoms with Crippen LogP contribution < -0.4 is 32.7 Å². The molecule has 2 aromatic rings. The standard InChI is InChI=1S/C38H54N10O6/c39-35(40)45-29-11-7-27(8-12-29)33(49)43-23-25-15-19-47(20-16-25)37(51)53-31-3-1-4-32(6-2-5-31)54-38(52)48-21-17-26(18-22-48)24-44-34(50)28-9-13-30(14-10-28)46-36(41)42/h7-14,25-26,31-32H,1-6,15-24H2,(H,43,49)(H,44,50)(H4,39,40,45)(H4,41,42,46)/t31-,32+. The molecule has 54 heavy (non-hydrogen) atoms. The molecule has 2 aromatic carbocycles. The third-order valence-electron chi connectivity index (χ3n) is 10.3. The molecule has 0 spiro atoms. The van der Waals surface area contributed by atoms with Crippen LogP contribution in [0.25, 0.3) is 0 Å². The van der Waals surface area contributed by atoms with Gasteiger partial charge in [0.2, 0.25) is 0 Å². The zero-order chi connectivity index (χ0) is 38.5. The van der Waals surface area contributed by atoms with Crippen molar-refractivity contribution in [1.29, 1.82) is 10.8 Å². The molecule has 1 saturated carbocycles. The van der Waals surface area contributed by atoms with Gasteiger partial charge < -0.3 is 52.0 Å². The summed E-state index contributed by atoms with van der Waals surface area (Å²) in [6.07, 6.45) is 6.72. The van der Waals surface area contributed by atoms with E-state index in [9.17, 15) is 19.2 Å². The molecule has 10 N–H and O–H groups in total. The molecule has 2 heterocycles. The van der Waals surface area contributed by atoms with Crippen LogP contribution in [-0.2, 0) is 9.47 Å². The zero-order valence-corrected chi connectivity index (χ0v) is 30.7. The summed E-state index contributed by atoms with van der Waals surface area (Å²) < 4.78 is 11.8. The van der Waals surface area contributed by atoms with Gasteiger partial charge in [0.1, 0.15) is 12.2 Å². The van der Waals surface area contributed by atoms with Crippen LogP contribution in [0, 0.1) is 22.7 Å². The number of carbonyl (C=O) groups excluding carboxylic acids is 4. The van der Waals surface area contributed by atoms with Crippen LogP contribution in [0.1, 0.15) is 84.9 Å². The van der Waals surface area contributed by atoms with E-state index >= 15 is 0 Å². The summed E-state index contributed by atoms with van der Waals surface area (Å²) in [7, 11) is 0. The normalized spacial score (nSPS) is 19.7. The molecule has 16 heteroatoms. The Morgan fingerprint density at radius 2 is 0.907 bits per heavy atom. The van der Waals surface area contributed by atoms with Gasteiger partial charge in [0, 0.05) is 61.8 Å². The molecule has 4 amide bonds. The average Bonchev–Trinajstić information content (AvgIpc) is 3.15. The number of piperidine rings is 2. The third-order valence-corrected chi connectivity index (χ3v) is 10.3. The molecule has 3 aliphatic rings. The van der Waals surface area contributed by atoms with Crippen molar-refractivity contribution in [2.45, 2.75) is 76.4 Å². The van der Waals surface area contributed by atoms with E-state index in [1.807, 2.05) is 0 Å². The number of hydrogen-bond donors (Lipinski definition) is 8. The van der Waals surface area contributed by atoms with Crippen molar-refractivity contribution in [3.8, 4) is 0 Å². The van der Waals surface area contributed by atoms with Gasteiger partial charge in [-0.15, -0.1) is 0 Å². The van der Waals surface area contributed by atoms with E-state index in [0.717, 1.165) is 64.2 Å². The Morgan fingerprint density at radius 1 is 0.574 bits per heavy atom. The van der Waals surface area contributed by atoms with E-state index in [1.54, 1.807) is 58.3 Å². The van der Waals surface area contributed by atoms with E-state index in [4.69, 9.17) is 31.8 Å². The van der Waals surface area contributed by atoms with Gasteiger partial charge >= 0.3 is 12.2 Å². The fourth-order valence-corrected chi connectivity index (χ4v) is 7.14. The first-order chi connectivity index (χ1) is 26.0. The Bertz CT molecular complexity index is 1480. The first-order valence-corrected chi connectivity index (χ1v) is 18.9. The Labute approximate surface area is 316 Å². The topological polar surface area (TPSA) is 241 Å². The molecule has 3 fully saturated rings. The van der Waals surface area contributed by atoms with Crippen LogP contribution in [-0.4, -0.2) is 97.2 Å². The second kappa shape index (κ2) is 19.5. The molecule has 1 aliphatic carbocycles. The monoisotopic (exact) mass is 746 g/mol. The summed E-state index contributed by atoms with van der Waals surface area (Å²) in [6, 6.07) is 13.5. The smallest absolute Gasteiger partial charge is 0.410 e. The molecule has 2 saturated heterocycles. The van der Waals surface area contributed by atoms with Crippen molar-refractivity contribution < 1.29 is 28.7 Å². The largest absolute Gasteiger partial charge is 0.446 e. The first-order valence-electron chi connectivity index (χ1n) is 18.9. The van der Waals surface area contributed by atoms with Gasteiger partial charge in [-0.25, -0.2) is 9.59 Å². The summed E-state index contributed by atoms with van der Waals surface area (Å²) in [4.78, 5) is 54.7. The van der Waals surface area contributed by atoms with Crippen molar-refractivity contribution in [3.05, 3.63) is 59.7 Å². The lowest BCUT2D eigenvalue weighted by Crippen LogP contribution is -2.43. The van der Waals surface area contributed by atoms with Crippen molar-refractivity contribution in [1.82, 2.24) is 20.4 Å². The summed E-state index contributed by atoms with van der Waals surface area (Å²) in [5.41, 5.74) is 13.0. The maximum absolute atomic E-state index is 13.0. The second-order valence-electron chi connectivity index (χ2n) is 14.4. The lowest BCUT2D eigenvalue weighted by molar-refractivity contribution is 0.0210. The van der Waals surface area contributed by atoms with Gasteiger partial charge in [-0.2, -0.15) is 0 Å². The Morgan fingerprint density at radius 3 is 1.22 bits per heavy atom. The van der Waals surface area contributed by atoms with Crippen molar-refractivity contribution in [3.63, 3.8) is 0 Å². The second-order valence-corrected chi connectivity index (χ2v) is 14.4. The SMILES string of the molecule is N=C(N)Nc1ccc(C(=O)NCC2CCN(C(=O)O[C@H]3CCC[C@@H](OC(=O)N4CCC(CNC(=O)c5ccc(NC(=N)N)cc5)CC4)CCC3)CC2)cc1. The van der Waals surface area contributed by atoms with Crippen molar-refractivity contribution >= 4 is 47.3 Å². The lowest BCUT2D eigenvalue weighted by Gasteiger charge is -2.34. The molecule has 0 atom stereocenters. The highest BCUT2D eigenvalue weighted by Crippen LogP contribution is 2.26. The predicted molar refractivity (Wildman–Crippen MR) is 205 cm³/mol. The predicted octanol–water partition coefficient (Wildman–Crippen LogP) is 4.25. The van der Waals surface area contributed by atoms with Crippen molar-refractivity contribution in [2.24, 2.45) is 23.3 Å². The van der Waals surface area contributed by atoms with Crippen LogP contribution in [0.5, 0.6) is 0 Å². The van der Waals surface area contributed by atoms with Gasteiger partial charge in [-0.3, -0.25) is 20.4 Å². The molecule has 0 unspecified atom stereocenters. The van der Waals surface area contributed by atoms with Crippen LogP contribution in [0.4, 0.5) is 21.0 Å². The number of likely N-dealkylation sites (tertiary alicyclic amines) is 2. The molecule has 16 nitrogen and oxygen atoms in total. The number of nitrogens with one attached hydrogen (secondary N) is 6. The molecule has 5 rings (SSSR count). The minimum Gasteiger partial charge on any atom is -0.446 e. The third kappa shape index (κ3) is 12.3. The number of benzene rings is 2. The Hall–Kier alpha value is -5.54. The van der Waals surface area contributed by atoms with Gasteiger partial charge in [-0.1, -0.05) is 0 Å². The van der Waals surface area contributed by atoms with Crippen LogP contribution in [0.3, 0.4) is 0 Å². The van der Waals surface area contributed by atoms with Crippen LogP contribution >= 0.6 is 0 Å². The molecular weight excluding hydrogens is 692 g/mol. The molecular formula is C38H54N10O6. The van der Waals surface area contributed by atoms with E-state index in [2.05, 4.69) is 21.3 Å². The Kier molecular flexibility index (Phi) is 14.3. The lowest BCUT2D eigenvalue weighted by atomic mass is 9.96. The molecule has 0 radical (unpaired) electrons. The molecule has 0 bridgehead atoms. The van der Waals surface area contributed by atoms with Gasteiger partial charge in [0.05, 0.1) is 0 Å². The quantitative estimate of drug-likeness (QED) is 0.127. The van der Waals surface area contributed by atoms with Gasteiger partial charge in [-0.05, 0) is 125 Å². The summed E-state index contributed by atoms with van der Waals surface area (Å²) in [5, 5.41) is 25.9. The number of guanidine groups is 2. The van der Waals surface area contributed by atoms with E-state index < -0.39 is 0 Å². The van der Waals surface area contributed by atoms with Crippen LogP contribution in [0.15, 0.2) is 48.5 Å². The summed E-state index contributed by atoms with van der Waals surface area (Å²) in [6.45, 7) is 3.38. The number of anilines is 2. The fourth-order valence-electron chi connectivity index (χ4n) is 7.14. The summed E-state index contributed by atoms with van der Waals surface area (Å²) >= 11 is 0. The first kappa shape index (κ1) is 39.7. The maximum atomic E-state index is 13.0. The number of hydrogen-bond acceptors (Lipinski definition) is 8. The average molecular weight is 747 g/mol. The minimum atomic E-state index is -0.286. The number of rotatable bonds is 10. The molecule has 292 valence electrons. The number of ether oxygens (including phenoxy) is 2. The highest BCUT2D eigenvalue weighted by molar-refractivity contribution is 5.96. The number of carbonyl (C=O) groups is 4. The van der Waals surface area contributed by atoms with E-state index in [1.165, 1.54) is 0 Å². The number of nitrogens with two attached hydrogens (primary N) is 2. The highest BCUT2D eigenvalue weighted by atomic mass is 16.6. The van der Waals surface area contributed by atoms with E-state index in [-0.39, 0.29) is 60.0 Å². The highest BCUT2D eigenvalue weighted by Gasteiger charge is 2.29. The van der Waals surface area contributed by atoms with Gasteiger partial charge in [0.15, 0.2) is 11.9 Å². The summed E-state index contributed by atoms with van der Waals surface area (Å²) in [5.74, 6) is -0.135. The maximum Gasteiger partial charge on any atom is 0.410 e. The van der Waals surface area contributed by atoms with Crippen molar-refractivity contribution in [2.75, 3.05) is 49.9 Å². The fraction of sp³-hybridized carbons (Fsp3) is 0.526. The molecule has 0 aromatic heterocycles. The Balaban J connectivity index is 0.925. The van der Waals surface area contributed by atoms with E-state index in [0.29, 0.717) is 61.8 Å². The zero-order valence-electron chi connectivity index (χ0n) is 30.7. The van der Waals surface area contributed by atoms with Gasteiger partial charge in [0.25, 0.3) is 11.8 Å². The minimum absolute atomic E-state index is 0.161.